The van der Waals surface area contributed by atoms with Crippen LogP contribution in [0.4, 0.5) is 5.82 Å². The van der Waals surface area contributed by atoms with E-state index in [1.54, 1.807) is 6.20 Å². The van der Waals surface area contributed by atoms with Crippen molar-refractivity contribution in [3.63, 3.8) is 0 Å². The van der Waals surface area contributed by atoms with Crippen molar-refractivity contribution in [2.45, 2.75) is 33.1 Å². The normalized spacial score (nSPS) is 14.1. The number of hydrogen-bond donors (Lipinski definition) is 2. The molecule has 10 heteroatoms. The SMILES string of the molecule is CCCN1CN(CC(C)=O)C(=O)c2[nH]c(-c3cn[nH]c3C(COC(C)=O)c3ccccc3)nc21. The topological polar surface area (TPSA) is 124 Å². The molecule has 1 aliphatic rings. The summed E-state index contributed by atoms with van der Waals surface area (Å²) >= 11 is 0. The second kappa shape index (κ2) is 9.90. The molecular formula is C24H28N6O4. The van der Waals surface area contributed by atoms with Gasteiger partial charge >= 0.3 is 5.97 Å². The maximum atomic E-state index is 13.1. The molecule has 4 rings (SSSR count). The lowest BCUT2D eigenvalue weighted by atomic mass is 9.94. The van der Waals surface area contributed by atoms with Gasteiger partial charge in [-0.3, -0.25) is 19.5 Å². The number of nitrogens with zero attached hydrogens (tertiary/aromatic N) is 4. The molecule has 10 nitrogen and oxygen atoms in total. The number of aromatic amines is 2. The van der Waals surface area contributed by atoms with Gasteiger partial charge in [0.2, 0.25) is 0 Å². The van der Waals surface area contributed by atoms with Crippen molar-refractivity contribution in [3.8, 4) is 11.4 Å². The minimum Gasteiger partial charge on any atom is -0.465 e. The van der Waals surface area contributed by atoms with Crippen molar-refractivity contribution in [2.75, 3.05) is 31.3 Å². The quantitative estimate of drug-likeness (QED) is 0.467. The van der Waals surface area contributed by atoms with Crippen molar-refractivity contribution < 1.29 is 19.1 Å². The third kappa shape index (κ3) is 4.70. The van der Waals surface area contributed by atoms with E-state index >= 15 is 0 Å². The number of hydrogen-bond acceptors (Lipinski definition) is 7. The standard InChI is InChI=1S/C24H28N6O4/c1-4-10-29-14-30(12-15(2)31)24(33)21-23(29)27-22(26-21)18-11-25-28-20(18)19(13-34-16(3)32)17-8-6-5-7-9-17/h5-9,11,19H,4,10,12-14H2,1-3H3,(H,25,28)(H,26,27). The molecule has 0 saturated heterocycles. The smallest absolute Gasteiger partial charge is 0.302 e. The number of Topliss-reactive ketones (excluding diaryl/α,β-unsaturated/α-hetero) is 1. The lowest BCUT2D eigenvalue weighted by Gasteiger charge is -2.34. The van der Waals surface area contributed by atoms with E-state index < -0.39 is 0 Å². The molecule has 2 N–H and O–H groups in total. The zero-order valence-corrected chi connectivity index (χ0v) is 19.5. The number of benzene rings is 1. The van der Waals surface area contributed by atoms with Gasteiger partial charge in [-0.25, -0.2) is 4.98 Å². The molecule has 1 aromatic carbocycles. The molecule has 178 valence electrons. The first-order valence-electron chi connectivity index (χ1n) is 11.2. The fourth-order valence-corrected chi connectivity index (χ4v) is 4.18. The Morgan fingerprint density at radius 2 is 1.94 bits per heavy atom. The number of nitrogens with one attached hydrogen (secondary N) is 2. The van der Waals surface area contributed by atoms with Gasteiger partial charge in [-0.1, -0.05) is 37.3 Å². The zero-order valence-electron chi connectivity index (χ0n) is 19.5. The third-order valence-electron chi connectivity index (χ3n) is 5.66. The fourth-order valence-electron chi connectivity index (χ4n) is 4.18. The third-order valence-corrected chi connectivity index (χ3v) is 5.66. The number of amides is 1. The summed E-state index contributed by atoms with van der Waals surface area (Å²) in [7, 11) is 0. The summed E-state index contributed by atoms with van der Waals surface area (Å²) in [5, 5.41) is 7.26. The molecule has 2 aromatic heterocycles. The van der Waals surface area contributed by atoms with E-state index in [9.17, 15) is 14.4 Å². The Morgan fingerprint density at radius 3 is 2.62 bits per heavy atom. The summed E-state index contributed by atoms with van der Waals surface area (Å²) in [6.45, 7) is 6.06. The first-order valence-corrected chi connectivity index (χ1v) is 11.2. The van der Waals surface area contributed by atoms with Gasteiger partial charge in [0.05, 0.1) is 36.6 Å². The molecule has 0 saturated carbocycles. The molecule has 1 amide bonds. The number of rotatable bonds is 9. The Labute approximate surface area is 197 Å². The van der Waals surface area contributed by atoms with Crippen LogP contribution in [-0.4, -0.2) is 69.1 Å². The Hall–Kier alpha value is -3.95. The minimum absolute atomic E-state index is 0.0439. The van der Waals surface area contributed by atoms with Gasteiger partial charge in [-0.2, -0.15) is 5.10 Å². The number of imidazole rings is 1. The lowest BCUT2D eigenvalue weighted by Crippen LogP contribution is -2.48. The largest absolute Gasteiger partial charge is 0.465 e. The molecule has 0 aliphatic carbocycles. The number of ketones is 1. The number of aromatic nitrogens is 4. The molecule has 0 radical (unpaired) electrons. The number of carbonyl (C=O) groups excluding carboxylic acids is 3. The molecule has 3 heterocycles. The predicted molar refractivity (Wildman–Crippen MR) is 125 cm³/mol. The number of fused-ring (bicyclic) bond motifs is 1. The molecule has 1 aliphatic heterocycles. The van der Waals surface area contributed by atoms with Gasteiger partial charge in [-0.15, -0.1) is 0 Å². The summed E-state index contributed by atoms with van der Waals surface area (Å²) < 4.78 is 5.35. The van der Waals surface area contributed by atoms with Gasteiger partial charge in [0.15, 0.2) is 5.82 Å². The average molecular weight is 465 g/mol. The van der Waals surface area contributed by atoms with E-state index in [0.29, 0.717) is 41.8 Å². The highest BCUT2D eigenvalue weighted by Gasteiger charge is 2.34. The number of anilines is 1. The Balaban J connectivity index is 1.74. The van der Waals surface area contributed by atoms with Crippen molar-refractivity contribution >= 4 is 23.5 Å². The first kappa shape index (κ1) is 23.2. The number of H-pyrrole nitrogens is 2. The molecular weight excluding hydrogens is 436 g/mol. The zero-order chi connectivity index (χ0) is 24.2. The summed E-state index contributed by atoms with van der Waals surface area (Å²) in [5.74, 6) is 0.0204. The summed E-state index contributed by atoms with van der Waals surface area (Å²) in [5.41, 5.74) is 2.69. The van der Waals surface area contributed by atoms with Crippen molar-refractivity contribution in [3.05, 3.63) is 53.5 Å². The van der Waals surface area contributed by atoms with E-state index in [4.69, 9.17) is 9.72 Å². The van der Waals surface area contributed by atoms with E-state index in [1.807, 2.05) is 42.2 Å². The highest BCUT2D eigenvalue weighted by molar-refractivity contribution is 6.01. The Kier molecular flexibility index (Phi) is 6.76. The maximum Gasteiger partial charge on any atom is 0.302 e. The van der Waals surface area contributed by atoms with Crippen LogP contribution in [0, 0.1) is 0 Å². The first-order chi connectivity index (χ1) is 16.4. The van der Waals surface area contributed by atoms with Crippen LogP contribution in [0.1, 0.15) is 54.9 Å². The van der Waals surface area contributed by atoms with Gasteiger partial charge in [0.25, 0.3) is 5.91 Å². The monoisotopic (exact) mass is 464 g/mol. The maximum absolute atomic E-state index is 13.1. The number of carbonyl (C=O) groups is 3. The molecule has 34 heavy (non-hydrogen) atoms. The second-order valence-corrected chi connectivity index (χ2v) is 8.36. The lowest BCUT2D eigenvalue weighted by molar-refractivity contribution is -0.141. The minimum atomic E-state index is -0.373. The Bertz CT molecular complexity index is 1190. The van der Waals surface area contributed by atoms with Crippen LogP contribution in [0.2, 0.25) is 0 Å². The van der Waals surface area contributed by atoms with Gasteiger partial charge < -0.3 is 19.5 Å². The van der Waals surface area contributed by atoms with E-state index in [-0.39, 0.29) is 36.7 Å². The molecule has 3 aromatic rings. The van der Waals surface area contributed by atoms with E-state index in [0.717, 1.165) is 12.0 Å². The molecule has 0 spiro atoms. The van der Waals surface area contributed by atoms with Crippen molar-refractivity contribution in [1.29, 1.82) is 0 Å². The fraction of sp³-hybridized carbons (Fsp3) is 0.375. The summed E-state index contributed by atoms with van der Waals surface area (Å²) in [6.07, 6.45) is 2.50. The summed E-state index contributed by atoms with van der Waals surface area (Å²) in [6, 6.07) is 9.67. The van der Waals surface area contributed by atoms with Gasteiger partial charge in [0, 0.05) is 13.5 Å². The van der Waals surface area contributed by atoms with Crippen molar-refractivity contribution in [2.24, 2.45) is 0 Å². The van der Waals surface area contributed by atoms with Gasteiger partial charge in [-0.05, 0) is 18.9 Å². The van der Waals surface area contributed by atoms with Crippen LogP contribution >= 0.6 is 0 Å². The van der Waals surface area contributed by atoms with Crippen LogP contribution in [0.5, 0.6) is 0 Å². The summed E-state index contributed by atoms with van der Waals surface area (Å²) in [4.78, 5) is 47.8. The van der Waals surface area contributed by atoms with Crippen LogP contribution < -0.4 is 4.90 Å². The highest BCUT2D eigenvalue weighted by atomic mass is 16.5. The predicted octanol–water partition coefficient (Wildman–Crippen LogP) is 2.71. The van der Waals surface area contributed by atoms with E-state index in [2.05, 4.69) is 15.2 Å². The van der Waals surface area contributed by atoms with Crippen LogP contribution in [0.3, 0.4) is 0 Å². The number of ether oxygens (including phenoxy) is 1. The highest BCUT2D eigenvalue weighted by Crippen LogP contribution is 2.34. The molecule has 0 fully saturated rings. The van der Waals surface area contributed by atoms with Crippen LogP contribution in [-0.2, 0) is 14.3 Å². The Morgan fingerprint density at radius 1 is 1.18 bits per heavy atom. The number of esters is 1. The van der Waals surface area contributed by atoms with Crippen LogP contribution in [0.25, 0.3) is 11.4 Å². The average Bonchev–Trinajstić information content (AvgIpc) is 3.45. The van der Waals surface area contributed by atoms with Gasteiger partial charge in [0.1, 0.15) is 23.9 Å². The van der Waals surface area contributed by atoms with Crippen LogP contribution in [0.15, 0.2) is 36.5 Å². The molecule has 1 unspecified atom stereocenters. The van der Waals surface area contributed by atoms with E-state index in [1.165, 1.54) is 18.7 Å². The second-order valence-electron chi connectivity index (χ2n) is 8.36. The molecule has 1 atom stereocenters. The van der Waals surface area contributed by atoms with Crippen molar-refractivity contribution in [1.82, 2.24) is 25.1 Å². The molecule has 0 bridgehead atoms.